The highest BCUT2D eigenvalue weighted by molar-refractivity contribution is 5.34. The average Bonchev–Trinajstić information content (AvgIpc) is 3.17. The van der Waals surface area contributed by atoms with Gasteiger partial charge in [-0.15, -0.1) is 0 Å². The number of aromatic nitrogens is 5. The van der Waals surface area contributed by atoms with E-state index in [2.05, 4.69) is 29.4 Å². The molecular weight excluding hydrogens is 328 g/mol. The fourth-order valence-electron chi connectivity index (χ4n) is 3.45. The quantitative estimate of drug-likeness (QED) is 0.704. The van der Waals surface area contributed by atoms with Gasteiger partial charge in [-0.3, -0.25) is 4.98 Å². The normalized spacial score (nSPS) is 17.3. The van der Waals surface area contributed by atoms with Crippen LogP contribution in [0.25, 0.3) is 0 Å². The van der Waals surface area contributed by atoms with E-state index in [4.69, 9.17) is 4.74 Å². The van der Waals surface area contributed by atoms with Gasteiger partial charge in [0.25, 0.3) is 0 Å². The summed E-state index contributed by atoms with van der Waals surface area (Å²) in [5.74, 6) is 2.76. The molecule has 4 rings (SSSR count). The van der Waals surface area contributed by atoms with Gasteiger partial charge in [-0.05, 0) is 25.0 Å². The molecule has 0 N–H and O–H groups in total. The molecular formula is C19H22N6O. The van der Waals surface area contributed by atoms with Gasteiger partial charge in [0, 0.05) is 49.9 Å². The van der Waals surface area contributed by atoms with Crippen LogP contribution in [0, 0.1) is 0 Å². The number of imidazole rings is 1. The molecule has 0 radical (unpaired) electrons. The third-order valence-corrected chi connectivity index (χ3v) is 4.70. The molecule has 7 heteroatoms. The van der Waals surface area contributed by atoms with E-state index in [-0.39, 0.29) is 0 Å². The molecule has 3 aromatic rings. The molecule has 0 saturated carbocycles. The van der Waals surface area contributed by atoms with E-state index >= 15 is 0 Å². The molecule has 0 amide bonds. The number of rotatable bonds is 5. The van der Waals surface area contributed by atoms with Crippen molar-refractivity contribution in [2.45, 2.75) is 25.3 Å². The predicted molar refractivity (Wildman–Crippen MR) is 98.3 cm³/mol. The molecule has 1 fully saturated rings. The van der Waals surface area contributed by atoms with E-state index in [1.807, 2.05) is 36.8 Å². The summed E-state index contributed by atoms with van der Waals surface area (Å²) >= 11 is 0. The van der Waals surface area contributed by atoms with E-state index in [0.717, 1.165) is 49.9 Å². The van der Waals surface area contributed by atoms with Crippen molar-refractivity contribution in [3.05, 3.63) is 60.6 Å². The Morgan fingerprint density at radius 2 is 2.08 bits per heavy atom. The van der Waals surface area contributed by atoms with Gasteiger partial charge in [0.15, 0.2) is 0 Å². The van der Waals surface area contributed by atoms with Crippen LogP contribution in [0.15, 0.2) is 49.1 Å². The van der Waals surface area contributed by atoms with Crippen LogP contribution in [0.5, 0.6) is 5.88 Å². The summed E-state index contributed by atoms with van der Waals surface area (Å²) in [4.78, 5) is 20.2. The Kier molecular flexibility index (Phi) is 4.77. The fraction of sp³-hybridized carbons (Fsp3) is 0.368. The molecule has 0 spiro atoms. The van der Waals surface area contributed by atoms with Crippen molar-refractivity contribution < 1.29 is 4.74 Å². The van der Waals surface area contributed by atoms with Crippen LogP contribution in [-0.4, -0.2) is 44.7 Å². The summed E-state index contributed by atoms with van der Waals surface area (Å²) in [5, 5.41) is 0. The van der Waals surface area contributed by atoms with Crippen LogP contribution in [0.3, 0.4) is 0 Å². The van der Waals surface area contributed by atoms with E-state index < -0.39 is 0 Å². The maximum atomic E-state index is 5.23. The molecule has 1 unspecified atom stereocenters. The lowest BCUT2D eigenvalue weighted by atomic mass is 9.97. The molecule has 1 atom stereocenters. The number of pyridine rings is 1. The van der Waals surface area contributed by atoms with Gasteiger partial charge in [-0.25, -0.2) is 9.97 Å². The van der Waals surface area contributed by atoms with Crippen molar-refractivity contribution >= 4 is 5.95 Å². The molecule has 0 bridgehead atoms. The second kappa shape index (κ2) is 7.51. The van der Waals surface area contributed by atoms with Crippen LogP contribution in [0.4, 0.5) is 5.95 Å². The summed E-state index contributed by atoms with van der Waals surface area (Å²) in [6, 6.07) is 7.76. The average molecular weight is 350 g/mol. The SMILES string of the molecule is COc1ccnc(N2CCCC(c3nccn3Cc3ccccn3)C2)n1. The first-order valence-corrected chi connectivity index (χ1v) is 8.86. The summed E-state index contributed by atoms with van der Waals surface area (Å²) < 4.78 is 7.43. The number of hydrogen-bond acceptors (Lipinski definition) is 6. The number of piperidine rings is 1. The summed E-state index contributed by atoms with van der Waals surface area (Å²) in [5.41, 5.74) is 1.04. The minimum atomic E-state index is 0.345. The van der Waals surface area contributed by atoms with Gasteiger partial charge >= 0.3 is 0 Å². The third kappa shape index (κ3) is 3.51. The number of anilines is 1. The zero-order chi connectivity index (χ0) is 17.8. The van der Waals surface area contributed by atoms with Crippen molar-refractivity contribution in [3.63, 3.8) is 0 Å². The Morgan fingerprint density at radius 3 is 2.92 bits per heavy atom. The number of nitrogens with zero attached hydrogens (tertiary/aromatic N) is 6. The van der Waals surface area contributed by atoms with E-state index in [0.29, 0.717) is 11.8 Å². The standard InChI is InChI=1S/C19H22N6O/c1-26-17-7-9-22-19(23-17)25-11-4-5-15(13-25)18-21-10-12-24(18)14-16-6-2-3-8-20-16/h2-3,6-10,12,15H,4-5,11,13-14H2,1H3. The summed E-state index contributed by atoms with van der Waals surface area (Å²) in [6.07, 6.45) is 9.67. The van der Waals surface area contributed by atoms with Crippen molar-refractivity contribution in [1.82, 2.24) is 24.5 Å². The molecule has 4 heterocycles. The fourth-order valence-corrected chi connectivity index (χ4v) is 3.45. The predicted octanol–water partition coefficient (Wildman–Crippen LogP) is 2.51. The summed E-state index contributed by atoms with van der Waals surface area (Å²) in [6.45, 7) is 2.54. The number of ether oxygens (including phenoxy) is 1. The monoisotopic (exact) mass is 350 g/mol. The Balaban J connectivity index is 1.52. The van der Waals surface area contributed by atoms with Crippen molar-refractivity contribution in [1.29, 1.82) is 0 Å². The van der Waals surface area contributed by atoms with Crippen LogP contribution in [-0.2, 0) is 6.54 Å². The highest BCUT2D eigenvalue weighted by Gasteiger charge is 2.26. The second-order valence-corrected chi connectivity index (χ2v) is 6.42. The molecule has 3 aromatic heterocycles. The highest BCUT2D eigenvalue weighted by Crippen LogP contribution is 2.28. The lowest BCUT2D eigenvalue weighted by Crippen LogP contribution is -2.36. The van der Waals surface area contributed by atoms with E-state index in [1.165, 1.54) is 0 Å². The van der Waals surface area contributed by atoms with E-state index in [1.54, 1.807) is 19.4 Å². The molecule has 1 aliphatic rings. The van der Waals surface area contributed by atoms with E-state index in [9.17, 15) is 0 Å². The Morgan fingerprint density at radius 1 is 1.12 bits per heavy atom. The Bertz CT molecular complexity index is 850. The Labute approximate surface area is 152 Å². The largest absolute Gasteiger partial charge is 0.481 e. The minimum Gasteiger partial charge on any atom is -0.481 e. The maximum Gasteiger partial charge on any atom is 0.228 e. The van der Waals surface area contributed by atoms with Gasteiger partial charge < -0.3 is 14.2 Å². The topological polar surface area (TPSA) is 69.0 Å². The highest BCUT2D eigenvalue weighted by atomic mass is 16.5. The lowest BCUT2D eigenvalue weighted by Gasteiger charge is -2.32. The third-order valence-electron chi connectivity index (χ3n) is 4.70. The molecule has 0 aliphatic carbocycles. The molecule has 26 heavy (non-hydrogen) atoms. The van der Waals surface area contributed by atoms with Crippen molar-refractivity contribution in [3.8, 4) is 5.88 Å². The van der Waals surface area contributed by atoms with Gasteiger partial charge in [0.05, 0.1) is 19.3 Å². The van der Waals surface area contributed by atoms with Gasteiger partial charge in [0.1, 0.15) is 5.82 Å². The van der Waals surface area contributed by atoms with Crippen molar-refractivity contribution in [2.24, 2.45) is 0 Å². The zero-order valence-electron chi connectivity index (χ0n) is 14.8. The minimum absolute atomic E-state index is 0.345. The summed E-state index contributed by atoms with van der Waals surface area (Å²) in [7, 11) is 1.62. The number of hydrogen-bond donors (Lipinski definition) is 0. The molecule has 134 valence electrons. The first kappa shape index (κ1) is 16.5. The van der Waals surface area contributed by atoms with Crippen LogP contribution in [0.2, 0.25) is 0 Å². The Hall–Kier alpha value is -2.96. The molecule has 1 saturated heterocycles. The maximum absolute atomic E-state index is 5.23. The first-order valence-electron chi connectivity index (χ1n) is 8.86. The number of methoxy groups -OCH3 is 1. The second-order valence-electron chi connectivity index (χ2n) is 6.42. The van der Waals surface area contributed by atoms with Crippen LogP contribution >= 0.6 is 0 Å². The van der Waals surface area contributed by atoms with Crippen LogP contribution < -0.4 is 9.64 Å². The van der Waals surface area contributed by atoms with Crippen molar-refractivity contribution in [2.75, 3.05) is 25.1 Å². The molecule has 1 aliphatic heterocycles. The molecule has 0 aromatic carbocycles. The van der Waals surface area contributed by atoms with Gasteiger partial charge in [-0.2, -0.15) is 4.98 Å². The lowest BCUT2D eigenvalue weighted by molar-refractivity contribution is 0.395. The van der Waals surface area contributed by atoms with Gasteiger partial charge in [0.2, 0.25) is 11.8 Å². The first-order chi connectivity index (χ1) is 12.8. The van der Waals surface area contributed by atoms with Crippen LogP contribution in [0.1, 0.15) is 30.3 Å². The zero-order valence-corrected chi connectivity index (χ0v) is 14.8. The van der Waals surface area contributed by atoms with Gasteiger partial charge in [-0.1, -0.05) is 6.07 Å². The smallest absolute Gasteiger partial charge is 0.228 e. The molecule has 7 nitrogen and oxygen atoms in total.